The minimum atomic E-state index is 0.664. The molecule has 2 rings (SSSR count). The quantitative estimate of drug-likeness (QED) is 0.502. The fourth-order valence-corrected chi connectivity index (χ4v) is 1.56. The molecule has 70 valence electrons. The van der Waals surface area contributed by atoms with E-state index in [0.717, 1.165) is 21.9 Å². The van der Waals surface area contributed by atoms with Gasteiger partial charge in [-0.2, -0.15) is 0 Å². The van der Waals surface area contributed by atoms with Gasteiger partial charge in [0.15, 0.2) is 0 Å². The molecular formula is C14H9N. The van der Waals surface area contributed by atoms with Gasteiger partial charge < -0.3 is 5.73 Å². The molecule has 0 aliphatic carbocycles. The van der Waals surface area contributed by atoms with Gasteiger partial charge in [0, 0.05) is 22.2 Å². The maximum absolute atomic E-state index is 5.89. The third-order valence-electron chi connectivity index (χ3n) is 2.32. The van der Waals surface area contributed by atoms with E-state index in [1.807, 2.05) is 24.3 Å². The van der Waals surface area contributed by atoms with Crippen LogP contribution < -0.4 is 5.73 Å². The summed E-state index contributed by atoms with van der Waals surface area (Å²) in [4.78, 5) is 0. The second kappa shape index (κ2) is 3.40. The lowest BCUT2D eigenvalue weighted by molar-refractivity contribution is 1.66. The molecule has 1 heteroatoms. The number of hydrogen-bond acceptors (Lipinski definition) is 1. The summed E-state index contributed by atoms with van der Waals surface area (Å²) in [5.74, 6) is 5.15. The molecule has 2 aromatic carbocycles. The van der Waals surface area contributed by atoms with Gasteiger partial charge in [-0.1, -0.05) is 17.9 Å². The molecule has 1 nitrogen and oxygen atoms in total. The van der Waals surface area contributed by atoms with Crippen LogP contribution in [0.3, 0.4) is 0 Å². The number of terminal acetylenes is 2. The van der Waals surface area contributed by atoms with Crippen LogP contribution in [0, 0.1) is 24.7 Å². The molecular weight excluding hydrogens is 182 g/mol. The number of fused-ring (bicyclic) bond motifs is 1. The third kappa shape index (κ3) is 1.52. The highest BCUT2D eigenvalue weighted by Crippen LogP contribution is 2.23. The lowest BCUT2D eigenvalue weighted by atomic mass is 10.0. The molecule has 0 atom stereocenters. The smallest absolute Gasteiger partial charge is 0.0406 e. The Morgan fingerprint density at radius 3 is 2.33 bits per heavy atom. The predicted molar refractivity (Wildman–Crippen MR) is 64.2 cm³/mol. The highest BCUT2D eigenvalue weighted by atomic mass is 14.5. The van der Waals surface area contributed by atoms with Gasteiger partial charge in [0.25, 0.3) is 0 Å². The van der Waals surface area contributed by atoms with Crippen LogP contribution in [0.15, 0.2) is 30.3 Å². The molecule has 15 heavy (non-hydrogen) atoms. The number of nitrogens with two attached hydrogens (primary N) is 1. The van der Waals surface area contributed by atoms with Crippen molar-refractivity contribution in [3.05, 3.63) is 41.5 Å². The maximum atomic E-state index is 5.89. The molecule has 0 amide bonds. The molecule has 2 aromatic rings. The van der Waals surface area contributed by atoms with Crippen LogP contribution in [-0.4, -0.2) is 0 Å². The van der Waals surface area contributed by atoms with Gasteiger partial charge in [0.05, 0.1) is 0 Å². The van der Waals surface area contributed by atoms with Crippen LogP contribution in [0.4, 0.5) is 5.69 Å². The fraction of sp³-hybridized carbons (Fsp3) is 0. The van der Waals surface area contributed by atoms with E-state index in [0.29, 0.717) is 5.69 Å². The largest absolute Gasteiger partial charge is 0.398 e. The minimum Gasteiger partial charge on any atom is -0.398 e. The van der Waals surface area contributed by atoms with Crippen molar-refractivity contribution in [2.24, 2.45) is 0 Å². The van der Waals surface area contributed by atoms with Crippen LogP contribution >= 0.6 is 0 Å². The zero-order valence-corrected chi connectivity index (χ0v) is 8.12. The summed E-state index contributed by atoms with van der Waals surface area (Å²) < 4.78 is 0. The first-order valence-electron chi connectivity index (χ1n) is 4.51. The van der Waals surface area contributed by atoms with E-state index in [1.54, 1.807) is 6.07 Å². The van der Waals surface area contributed by atoms with Crippen molar-refractivity contribution in [1.29, 1.82) is 0 Å². The van der Waals surface area contributed by atoms with Gasteiger partial charge in [-0.3, -0.25) is 0 Å². The molecule has 0 fully saturated rings. The lowest BCUT2D eigenvalue weighted by Crippen LogP contribution is -1.89. The van der Waals surface area contributed by atoms with Gasteiger partial charge in [-0.25, -0.2) is 0 Å². The van der Waals surface area contributed by atoms with Crippen molar-refractivity contribution in [2.75, 3.05) is 5.73 Å². The predicted octanol–water partition coefficient (Wildman–Crippen LogP) is 2.38. The molecule has 0 saturated carbocycles. The summed E-state index contributed by atoms with van der Waals surface area (Å²) in [5, 5.41) is 1.96. The molecule has 0 aromatic heterocycles. The summed E-state index contributed by atoms with van der Waals surface area (Å²) in [5.41, 5.74) is 8.16. The summed E-state index contributed by atoms with van der Waals surface area (Å²) in [7, 11) is 0. The normalized spacial score (nSPS) is 9.47. The standard InChI is InChI=1S/C14H9N/c1-3-10-5-6-12-7-11(4-2)9-14(15)13(12)8-10/h1-2,5-9H,15H2. The fourth-order valence-electron chi connectivity index (χ4n) is 1.56. The molecule has 0 bridgehead atoms. The average Bonchev–Trinajstić information content (AvgIpc) is 2.28. The summed E-state index contributed by atoms with van der Waals surface area (Å²) in [6.07, 6.45) is 10.7. The second-order valence-corrected chi connectivity index (χ2v) is 3.29. The number of nitrogen functional groups attached to an aromatic ring is 1. The first-order valence-corrected chi connectivity index (χ1v) is 4.51. The Hall–Kier alpha value is -2.38. The highest BCUT2D eigenvalue weighted by Gasteiger charge is 2.00. The molecule has 2 N–H and O–H groups in total. The van der Waals surface area contributed by atoms with Crippen molar-refractivity contribution >= 4 is 16.5 Å². The molecule has 0 unspecified atom stereocenters. The van der Waals surface area contributed by atoms with E-state index < -0.39 is 0 Å². The Balaban J connectivity index is 2.82. The van der Waals surface area contributed by atoms with Gasteiger partial charge >= 0.3 is 0 Å². The Morgan fingerprint density at radius 2 is 1.67 bits per heavy atom. The number of rotatable bonds is 0. The highest BCUT2D eigenvalue weighted by molar-refractivity contribution is 5.95. The van der Waals surface area contributed by atoms with Crippen LogP contribution in [0.25, 0.3) is 10.8 Å². The van der Waals surface area contributed by atoms with Gasteiger partial charge in [-0.05, 0) is 29.7 Å². The van der Waals surface area contributed by atoms with E-state index in [1.165, 1.54) is 0 Å². The molecule has 0 saturated heterocycles. The maximum Gasteiger partial charge on any atom is 0.0406 e. The van der Waals surface area contributed by atoms with Crippen LogP contribution in [-0.2, 0) is 0 Å². The average molecular weight is 191 g/mol. The lowest BCUT2D eigenvalue weighted by Gasteiger charge is -2.04. The summed E-state index contributed by atoms with van der Waals surface area (Å²) >= 11 is 0. The van der Waals surface area contributed by atoms with Crippen molar-refractivity contribution in [3.8, 4) is 24.7 Å². The topological polar surface area (TPSA) is 26.0 Å². The van der Waals surface area contributed by atoms with Crippen LogP contribution in [0.1, 0.15) is 11.1 Å². The van der Waals surface area contributed by atoms with E-state index in [4.69, 9.17) is 18.6 Å². The van der Waals surface area contributed by atoms with Crippen molar-refractivity contribution in [2.45, 2.75) is 0 Å². The van der Waals surface area contributed by atoms with Crippen LogP contribution in [0.2, 0.25) is 0 Å². The zero-order valence-electron chi connectivity index (χ0n) is 8.12. The summed E-state index contributed by atoms with van der Waals surface area (Å²) in [6, 6.07) is 9.41. The molecule has 0 radical (unpaired) electrons. The molecule has 0 heterocycles. The SMILES string of the molecule is C#Cc1cc(N)c2cc(C#C)ccc2c1. The minimum absolute atomic E-state index is 0.664. The monoisotopic (exact) mass is 191 g/mol. The first kappa shape index (κ1) is 9.19. The van der Waals surface area contributed by atoms with Crippen molar-refractivity contribution in [3.63, 3.8) is 0 Å². The van der Waals surface area contributed by atoms with Gasteiger partial charge in [0.1, 0.15) is 0 Å². The molecule has 0 aliphatic heterocycles. The zero-order chi connectivity index (χ0) is 10.8. The molecule has 0 spiro atoms. The van der Waals surface area contributed by atoms with Gasteiger partial charge in [-0.15, -0.1) is 12.8 Å². The van der Waals surface area contributed by atoms with E-state index in [2.05, 4.69) is 11.8 Å². The van der Waals surface area contributed by atoms with Crippen molar-refractivity contribution in [1.82, 2.24) is 0 Å². The van der Waals surface area contributed by atoms with E-state index >= 15 is 0 Å². The Bertz CT molecular complexity index is 609. The molecule has 0 aliphatic rings. The van der Waals surface area contributed by atoms with Crippen LogP contribution in [0.5, 0.6) is 0 Å². The Labute approximate surface area is 88.9 Å². The Kier molecular flexibility index (Phi) is 2.08. The van der Waals surface area contributed by atoms with E-state index in [9.17, 15) is 0 Å². The van der Waals surface area contributed by atoms with Gasteiger partial charge in [0.2, 0.25) is 0 Å². The number of benzene rings is 2. The number of anilines is 1. The van der Waals surface area contributed by atoms with E-state index in [-0.39, 0.29) is 0 Å². The third-order valence-corrected chi connectivity index (χ3v) is 2.32. The first-order chi connectivity index (χ1) is 7.24. The van der Waals surface area contributed by atoms with Crippen molar-refractivity contribution < 1.29 is 0 Å². The second-order valence-electron chi connectivity index (χ2n) is 3.29. The number of hydrogen-bond donors (Lipinski definition) is 1. The Morgan fingerprint density at radius 1 is 0.933 bits per heavy atom. The summed E-state index contributed by atoms with van der Waals surface area (Å²) in [6.45, 7) is 0.